The van der Waals surface area contributed by atoms with Crippen molar-refractivity contribution in [3.05, 3.63) is 102 Å². The predicted molar refractivity (Wildman–Crippen MR) is 304 cm³/mol. The number of amides is 8. The molecule has 82 heavy (non-hydrogen) atoms. The maximum absolute atomic E-state index is 14.6. The fourth-order valence-electron chi connectivity index (χ4n) is 8.61. The number of unbranched alkanes of at least 4 members (excludes halogenated alkanes) is 1. The molecular weight excluding hydrogens is 1060 g/mol. The third-order valence-electron chi connectivity index (χ3n) is 14.1. The highest BCUT2D eigenvalue weighted by Gasteiger charge is 2.37. The summed E-state index contributed by atoms with van der Waals surface area (Å²) in [5.41, 5.74) is 13.8. The number of nitrogens with two attached hydrogens (primary N) is 2. The van der Waals surface area contributed by atoms with Gasteiger partial charge in [0, 0.05) is 19.3 Å². The number of aliphatic hydroxyl groups is 1. The lowest BCUT2D eigenvalue weighted by atomic mass is 9.96. The van der Waals surface area contributed by atoms with Gasteiger partial charge in [-0.05, 0) is 85.2 Å². The number of carbonyl (C=O) groups excluding carboxylic acids is 8. The number of carboxylic acid groups (broad SMARTS) is 2. The molecule has 16 N–H and O–H groups in total. The first-order chi connectivity index (χ1) is 38.9. The molecule has 0 aliphatic carbocycles. The Hall–Kier alpha value is -7.96. The molecular formula is C58H84N10O14. The lowest BCUT2D eigenvalue weighted by Gasteiger charge is -2.30. The van der Waals surface area contributed by atoms with Crippen LogP contribution in [-0.2, 0) is 67.2 Å². The molecule has 3 rings (SSSR count). The van der Waals surface area contributed by atoms with Crippen LogP contribution in [0.1, 0.15) is 103 Å². The zero-order chi connectivity index (χ0) is 61.1. The molecule has 0 saturated carbocycles. The maximum Gasteiger partial charge on any atom is 0.326 e. The molecule has 0 spiro atoms. The van der Waals surface area contributed by atoms with E-state index in [0.717, 1.165) is 5.56 Å². The van der Waals surface area contributed by atoms with Gasteiger partial charge in [0.05, 0.1) is 12.6 Å². The number of nitrogens with one attached hydrogen (secondary N) is 8. The Morgan fingerprint density at radius 3 is 1.32 bits per heavy atom. The fourth-order valence-corrected chi connectivity index (χ4v) is 8.61. The van der Waals surface area contributed by atoms with Crippen molar-refractivity contribution in [3.8, 4) is 5.75 Å². The summed E-state index contributed by atoms with van der Waals surface area (Å²) in [6.07, 6.45) is 0.0486. The first-order valence-corrected chi connectivity index (χ1v) is 27.7. The fraction of sp³-hybridized carbons (Fsp3) is 0.517. The molecule has 24 nitrogen and oxygen atoms in total. The monoisotopic (exact) mass is 1140 g/mol. The summed E-state index contributed by atoms with van der Waals surface area (Å²) in [5, 5.41) is 60.4. The van der Waals surface area contributed by atoms with Gasteiger partial charge in [-0.2, -0.15) is 0 Å². The van der Waals surface area contributed by atoms with Crippen LogP contribution in [0.2, 0.25) is 0 Å². The van der Waals surface area contributed by atoms with E-state index in [4.69, 9.17) is 11.5 Å². The number of aliphatic hydroxyl groups excluding tert-OH is 1. The molecule has 0 bridgehead atoms. The molecule has 0 aromatic heterocycles. The number of carboxylic acids is 2. The summed E-state index contributed by atoms with van der Waals surface area (Å²) < 4.78 is 0. The van der Waals surface area contributed by atoms with Crippen molar-refractivity contribution < 1.29 is 68.4 Å². The zero-order valence-corrected chi connectivity index (χ0v) is 47.5. The van der Waals surface area contributed by atoms with E-state index in [1.807, 2.05) is 6.07 Å². The van der Waals surface area contributed by atoms with Crippen molar-refractivity contribution in [2.75, 3.05) is 13.2 Å². The molecule has 24 heteroatoms. The second kappa shape index (κ2) is 35.0. The number of aromatic hydroxyl groups is 1. The second-order valence-electron chi connectivity index (χ2n) is 20.9. The number of carbonyl (C=O) groups is 10. The molecule has 0 fully saturated rings. The highest BCUT2D eigenvalue weighted by molar-refractivity contribution is 5.98. The average molecular weight is 1150 g/mol. The van der Waals surface area contributed by atoms with Crippen LogP contribution in [-0.4, -0.2) is 147 Å². The lowest BCUT2D eigenvalue weighted by molar-refractivity contribution is -0.143. The Labute approximate surface area is 478 Å². The normalized spacial score (nSPS) is 15.2. The number of phenols is 1. The summed E-state index contributed by atoms with van der Waals surface area (Å²) in [6.45, 7) is 9.28. The van der Waals surface area contributed by atoms with Crippen LogP contribution < -0.4 is 54.0 Å². The molecule has 11 atom stereocenters. The summed E-state index contributed by atoms with van der Waals surface area (Å²) >= 11 is 0. The first-order valence-electron chi connectivity index (χ1n) is 27.7. The summed E-state index contributed by atoms with van der Waals surface area (Å²) in [7, 11) is 0. The molecule has 0 radical (unpaired) electrons. The molecule has 450 valence electrons. The molecule has 0 aliphatic heterocycles. The minimum absolute atomic E-state index is 0.0562. The molecule has 3 aromatic carbocycles. The van der Waals surface area contributed by atoms with Crippen LogP contribution in [0, 0.1) is 17.8 Å². The zero-order valence-electron chi connectivity index (χ0n) is 47.5. The van der Waals surface area contributed by atoms with Gasteiger partial charge in [0.1, 0.15) is 54.1 Å². The number of phenolic OH excluding ortho intramolecular Hbond substituents is 1. The van der Waals surface area contributed by atoms with E-state index in [1.165, 1.54) is 24.3 Å². The minimum Gasteiger partial charge on any atom is -0.508 e. The van der Waals surface area contributed by atoms with E-state index < -0.39 is 151 Å². The van der Waals surface area contributed by atoms with Crippen LogP contribution in [0.25, 0.3) is 0 Å². The highest BCUT2D eigenvalue weighted by Crippen LogP contribution is 2.16. The third-order valence-corrected chi connectivity index (χ3v) is 14.1. The standard InChI is InChI=1S/C58H84N10O14/c1-7-34(5)48(67-50(73)40(60)29-36-17-11-9-12-18-36)57(80)65-45(32-69)55(78)62-42(26-27-46(71)72)51(74)61-41(21-15-16-28-59)52(75)68-49(35(6)8-2)56(79)64-43(30-37-19-13-10-14-20-37)53(76)63-44(31-38-22-24-39(70)25-23-38)54(77)66-47(33(3)4)58(81)82/h9-14,17-20,22-25,33-35,40-45,47-49,69-70H,7-8,15-16,21,26-32,59-60H2,1-6H3,(H,61,74)(H,62,78)(H,63,76)(H,64,79)(H,65,80)(H,66,77)(H,67,73)(H,68,75)(H,71,72)(H,81,82)/t34-,35-,40-,41-,42-,43-,44-,45-,47-,48-,49-/m0/s1. The van der Waals surface area contributed by atoms with E-state index in [2.05, 4.69) is 42.5 Å². The number of benzene rings is 3. The van der Waals surface area contributed by atoms with E-state index >= 15 is 0 Å². The Kier molecular flexibility index (Phi) is 29.2. The van der Waals surface area contributed by atoms with Gasteiger partial charge in [-0.3, -0.25) is 43.2 Å². The van der Waals surface area contributed by atoms with Crippen LogP contribution in [0.3, 0.4) is 0 Å². The maximum atomic E-state index is 14.6. The van der Waals surface area contributed by atoms with Gasteiger partial charge in [0.15, 0.2) is 0 Å². The summed E-state index contributed by atoms with van der Waals surface area (Å²) in [4.78, 5) is 136. The predicted octanol–water partition coefficient (Wildman–Crippen LogP) is 0.445. The summed E-state index contributed by atoms with van der Waals surface area (Å²) in [5.74, 6) is -11.4. The first kappa shape index (κ1) is 68.3. The van der Waals surface area contributed by atoms with Crippen molar-refractivity contribution in [1.82, 2.24) is 42.5 Å². The van der Waals surface area contributed by atoms with Gasteiger partial charge < -0.3 is 74.4 Å². The largest absolute Gasteiger partial charge is 0.508 e. The third kappa shape index (κ3) is 22.9. The molecule has 0 heterocycles. The Bertz CT molecular complexity index is 2570. The number of rotatable bonds is 36. The highest BCUT2D eigenvalue weighted by atomic mass is 16.4. The topological polar surface area (TPSA) is 400 Å². The molecule has 3 aromatic rings. The van der Waals surface area contributed by atoms with E-state index in [9.17, 15) is 68.4 Å². The smallest absolute Gasteiger partial charge is 0.326 e. The molecule has 0 unspecified atom stereocenters. The lowest BCUT2D eigenvalue weighted by Crippen LogP contribution is -2.62. The van der Waals surface area contributed by atoms with Gasteiger partial charge >= 0.3 is 11.9 Å². The number of aliphatic carboxylic acids is 2. The van der Waals surface area contributed by atoms with E-state index in [1.54, 1.807) is 96.1 Å². The Balaban J connectivity index is 1.91. The number of hydrogen-bond donors (Lipinski definition) is 14. The molecule has 8 amide bonds. The van der Waals surface area contributed by atoms with Crippen LogP contribution in [0.15, 0.2) is 84.9 Å². The second-order valence-corrected chi connectivity index (χ2v) is 20.9. The van der Waals surface area contributed by atoms with Crippen LogP contribution in [0.5, 0.6) is 5.75 Å². The van der Waals surface area contributed by atoms with Gasteiger partial charge in [-0.25, -0.2) is 4.79 Å². The summed E-state index contributed by atoms with van der Waals surface area (Å²) in [6, 6.07) is 10.8. The average Bonchev–Trinajstić information content (AvgIpc) is 3.46. The molecule has 0 aliphatic rings. The Morgan fingerprint density at radius 1 is 0.463 bits per heavy atom. The van der Waals surface area contributed by atoms with E-state index in [-0.39, 0.29) is 44.4 Å². The van der Waals surface area contributed by atoms with Crippen molar-refractivity contribution >= 4 is 59.2 Å². The van der Waals surface area contributed by atoms with Crippen molar-refractivity contribution in [2.45, 2.75) is 160 Å². The SMILES string of the molecule is CC[C@H](C)[C@H](NC(=O)[C@H](CCCCN)NC(=O)[C@H](CCC(=O)O)NC(=O)[C@H](CO)NC(=O)[C@@H](NC(=O)[C@@H](N)Cc1ccccc1)[C@@H](C)CC)C(=O)N[C@@H](Cc1ccccc1)C(=O)N[C@@H](Cc1ccc(O)cc1)C(=O)N[C@H](C(=O)O)C(C)C. The minimum atomic E-state index is -1.71. The van der Waals surface area contributed by atoms with Gasteiger partial charge in [0.25, 0.3) is 0 Å². The van der Waals surface area contributed by atoms with E-state index in [0.29, 0.717) is 30.4 Å². The van der Waals surface area contributed by atoms with Crippen LogP contribution in [0.4, 0.5) is 0 Å². The Morgan fingerprint density at radius 2 is 0.854 bits per heavy atom. The van der Waals surface area contributed by atoms with Crippen molar-refractivity contribution in [3.63, 3.8) is 0 Å². The van der Waals surface area contributed by atoms with Gasteiger partial charge in [-0.1, -0.05) is 127 Å². The quantitative estimate of drug-likeness (QED) is 0.0351. The number of hydrogen-bond acceptors (Lipinski definition) is 14. The molecule has 0 saturated heterocycles. The van der Waals surface area contributed by atoms with Crippen LogP contribution >= 0.6 is 0 Å². The van der Waals surface area contributed by atoms with Gasteiger partial charge in [-0.15, -0.1) is 0 Å². The van der Waals surface area contributed by atoms with Crippen molar-refractivity contribution in [2.24, 2.45) is 29.2 Å². The van der Waals surface area contributed by atoms with Gasteiger partial charge in [0.2, 0.25) is 47.3 Å². The van der Waals surface area contributed by atoms with Crippen molar-refractivity contribution in [1.29, 1.82) is 0 Å².